The summed E-state index contributed by atoms with van der Waals surface area (Å²) in [7, 11) is 1.43. The Balaban J connectivity index is 1.55. The van der Waals surface area contributed by atoms with Crippen LogP contribution in [0.2, 0.25) is 0 Å². The third-order valence-electron chi connectivity index (χ3n) is 7.34. The molecule has 0 bridgehead atoms. The summed E-state index contributed by atoms with van der Waals surface area (Å²) in [4.78, 5) is 19.2. The second-order valence-electron chi connectivity index (χ2n) is 9.28. The summed E-state index contributed by atoms with van der Waals surface area (Å²) >= 11 is 5.75. The van der Waals surface area contributed by atoms with Crippen LogP contribution in [0.4, 0.5) is 23.2 Å². The summed E-state index contributed by atoms with van der Waals surface area (Å²) in [6, 6.07) is 2.30. The van der Waals surface area contributed by atoms with E-state index >= 15 is 4.39 Å². The molecule has 1 saturated carbocycles. The monoisotopic (exact) mass is 507 g/mol. The van der Waals surface area contributed by atoms with Crippen LogP contribution in [-0.4, -0.2) is 52.0 Å². The van der Waals surface area contributed by atoms with E-state index in [0.29, 0.717) is 5.70 Å². The Hall–Kier alpha value is -3.04. The minimum atomic E-state index is -4.79. The molecule has 1 aromatic heterocycles. The summed E-state index contributed by atoms with van der Waals surface area (Å²) in [6.45, 7) is 1.49. The quantitative estimate of drug-likeness (QED) is 0.380. The van der Waals surface area contributed by atoms with Gasteiger partial charge in [0.2, 0.25) is 5.91 Å². The Morgan fingerprint density at radius 3 is 2.66 bits per heavy atom. The molecule has 1 aromatic rings. The van der Waals surface area contributed by atoms with E-state index < -0.39 is 46.7 Å². The Morgan fingerprint density at radius 2 is 2.11 bits per heavy atom. The number of carbonyl (C=O) groups excluding carboxylic acids is 1. The van der Waals surface area contributed by atoms with Crippen LogP contribution in [0.1, 0.15) is 37.4 Å². The van der Waals surface area contributed by atoms with Gasteiger partial charge in [0.05, 0.1) is 28.4 Å². The number of nitrogens with one attached hydrogen (secondary N) is 1. The van der Waals surface area contributed by atoms with E-state index in [1.807, 2.05) is 0 Å². The van der Waals surface area contributed by atoms with E-state index in [2.05, 4.69) is 10.3 Å². The maximum Gasteiger partial charge on any atom is 0.419 e. The highest BCUT2D eigenvalue weighted by molar-refractivity contribution is 7.80. The number of alkyl halides is 4. The molecule has 5 rings (SSSR count). The SMILES string of the molecule is CNC(=O)C1(C)C=CC(N2C(=S)N(c3cnc(C#N)c(C(F)(F)F)c3)C3OC3C23CCC3)=CC1F. The van der Waals surface area contributed by atoms with E-state index in [9.17, 15) is 18.0 Å². The van der Waals surface area contributed by atoms with Crippen molar-refractivity contribution in [3.8, 4) is 6.07 Å². The molecule has 12 heteroatoms. The van der Waals surface area contributed by atoms with Gasteiger partial charge in [-0.15, -0.1) is 0 Å². The summed E-state index contributed by atoms with van der Waals surface area (Å²) < 4.78 is 61.9. The number of ether oxygens (including phenoxy) is 1. The average molecular weight is 508 g/mol. The number of nitriles is 1. The topological polar surface area (TPSA) is 84.8 Å². The Kier molecular flexibility index (Phi) is 5.23. The van der Waals surface area contributed by atoms with E-state index in [-0.39, 0.29) is 16.9 Å². The molecular weight excluding hydrogens is 486 g/mol. The number of carbonyl (C=O) groups is 1. The number of hydrogen-bond acceptors (Lipinski definition) is 5. The smallest absolute Gasteiger partial charge is 0.358 e. The first-order valence-corrected chi connectivity index (χ1v) is 11.4. The highest BCUT2D eigenvalue weighted by Gasteiger charge is 2.68. The van der Waals surface area contributed by atoms with Gasteiger partial charge in [-0.25, -0.2) is 9.37 Å². The molecule has 2 aliphatic carbocycles. The standard InChI is InChI=1S/C23H21F4N5O2S/c1-21(19(33)29-2)7-4-12(9-16(21)24)32-20(35)31(18-17(34-18)22(32)5-3-6-22)13-8-14(23(25,26)27)15(10-28)30-11-13/h4,7-9,11,16-18H,3,5-6H2,1-2H3,(H,29,33). The van der Waals surface area contributed by atoms with Crippen molar-refractivity contribution in [2.45, 2.75) is 56.4 Å². The van der Waals surface area contributed by atoms with Gasteiger partial charge in [0, 0.05) is 12.7 Å². The zero-order valence-corrected chi connectivity index (χ0v) is 19.6. The lowest BCUT2D eigenvalue weighted by molar-refractivity contribution is -0.138. The van der Waals surface area contributed by atoms with E-state index in [1.165, 1.54) is 37.1 Å². The first-order valence-electron chi connectivity index (χ1n) is 11.0. The van der Waals surface area contributed by atoms with Gasteiger partial charge < -0.3 is 15.0 Å². The number of hydrogen-bond donors (Lipinski definition) is 1. The molecule has 1 amide bonds. The van der Waals surface area contributed by atoms with Gasteiger partial charge in [-0.1, -0.05) is 6.08 Å². The maximum atomic E-state index is 15.3. The highest BCUT2D eigenvalue weighted by atomic mass is 32.1. The second kappa shape index (κ2) is 7.73. The number of amides is 1. The number of allylic oxidation sites excluding steroid dienone is 2. The van der Waals surface area contributed by atoms with E-state index in [0.717, 1.165) is 31.5 Å². The molecule has 2 saturated heterocycles. The van der Waals surface area contributed by atoms with Crippen molar-refractivity contribution in [3.63, 3.8) is 0 Å². The molecule has 4 atom stereocenters. The molecule has 0 radical (unpaired) electrons. The largest absolute Gasteiger partial charge is 0.419 e. The lowest BCUT2D eigenvalue weighted by atomic mass is 9.70. The number of pyridine rings is 1. The van der Waals surface area contributed by atoms with Crippen LogP contribution in [0.3, 0.4) is 0 Å². The van der Waals surface area contributed by atoms with Crippen LogP contribution in [0, 0.1) is 16.7 Å². The normalized spacial score (nSPS) is 30.8. The zero-order chi connectivity index (χ0) is 25.3. The van der Waals surface area contributed by atoms with Crippen molar-refractivity contribution < 1.29 is 27.1 Å². The van der Waals surface area contributed by atoms with Crippen molar-refractivity contribution in [1.82, 2.24) is 15.2 Å². The average Bonchev–Trinajstić information content (AvgIpc) is 3.58. The first-order chi connectivity index (χ1) is 16.5. The zero-order valence-electron chi connectivity index (χ0n) is 18.8. The molecule has 4 aliphatic rings. The molecule has 3 heterocycles. The number of fused-ring (bicyclic) bond motifs is 2. The summed E-state index contributed by atoms with van der Waals surface area (Å²) in [5, 5.41) is 11.7. The van der Waals surface area contributed by atoms with Gasteiger partial charge in [0.1, 0.15) is 18.3 Å². The minimum absolute atomic E-state index is 0.0281. The molecule has 1 spiro atoms. The number of rotatable bonds is 3. The van der Waals surface area contributed by atoms with Gasteiger partial charge in [0.25, 0.3) is 0 Å². The predicted octanol–water partition coefficient (Wildman–Crippen LogP) is 3.57. The number of thiocarbonyl (C=S) groups is 1. The van der Waals surface area contributed by atoms with Crippen LogP contribution in [0.25, 0.3) is 0 Å². The van der Waals surface area contributed by atoms with Crippen molar-refractivity contribution >= 4 is 28.9 Å². The fraction of sp³-hybridized carbons (Fsp3) is 0.478. The van der Waals surface area contributed by atoms with E-state index in [4.69, 9.17) is 22.2 Å². The number of halogens is 4. The Labute approximate surface area is 204 Å². The molecule has 4 unspecified atom stereocenters. The minimum Gasteiger partial charge on any atom is -0.358 e. The lowest BCUT2D eigenvalue weighted by Gasteiger charge is -2.55. The third kappa shape index (κ3) is 3.36. The highest BCUT2D eigenvalue weighted by Crippen LogP contribution is 2.56. The molecule has 0 aromatic carbocycles. The number of aromatic nitrogens is 1. The molecule has 2 aliphatic heterocycles. The molecule has 7 nitrogen and oxygen atoms in total. The first kappa shape index (κ1) is 23.7. The fourth-order valence-electron chi connectivity index (χ4n) is 5.14. The summed E-state index contributed by atoms with van der Waals surface area (Å²) in [5.74, 6) is -0.480. The van der Waals surface area contributed by atoms with Crippen LogP contribution < -0.4 is 10.2 Å². The van der Waals surface area contributed by atoms with Gasteiger partial charge in [0.15, 0.2) is 17.0 Å². The van der Waals surface area contributed by atoms with Crippen molar-refractivity contribution in [2.24, 2.45) is 5.41 Å². The Morgan fingerprint density at radius 1 is 1.40 bits per heavy atom. The van der Waals surface area contributed by atoms with Crippen molar-refractivity contribution in [2.75, 3.05) is 11.9 Å². The molecule has 35 heavy (non-hydrogen) atoms. The maximum absolute atomic E-state index is 15.3. The number of anilines is 1. The number of epoxide rings is 1. The summed E-state index contributed by atoms with van der Waals surface area (Å²) in [5.41, 5.74) is -3.41. The molecular formula is C23H21F4N5O2S. The predicted molar refractivity (Wildman–Crippen MR) is 120 cm³/mol. The van der Waals surface area contributed by atoms with Gasteiger partial charge in [-0.3, -0.25) is 9.69 Å². The lowest BCUT2D eigenvalue weighted by Crippen LogP contribution is -2.67. The van der Waals surface area contributed by atoms with Crippen LogP contribution in [-0.2, 0) is 15.7 Å². The van der Waals surface area contributed by atoms with Crippen LogP contribution in [0.15, 0.2) is 36.2 Å². The van der Waals surface area contributed by atoms with Crippen molar-refractivity contribution in [3.05, 3.63) is 47.4 Å². The van der Waals surface area contributed by atoms with Gasteiger partial charge in [-0.05, 0) is 56.6 Å². The van der Waals surface area contributed by atoms with Crippen molar-refractivity contribution in [1.29, 1.82) is 5.26 Å². The van der Waals surface area contributed by atoms with E-state index in [1.54, 1.807) is 11.0 Å². The molecule has 1 N–H and O–H groups in total. The molecule has 184 valence electrons. The number of nitrogens with zero attached hydrogens (tertiary/aromatic N) is 4. The van der Waals surface area contributed by atoms with Crippen LogP contribution >= 0.6 is 12.2 Å². The Bertz CT molecular complexity index is 1220. The molecule has 3 fully saturated rings. The third-order valence-corrected chi connectivity index (χ3v) is 7.72. The van der Waals surface area contributed by atoms with Gasteiger partial charge in [-0.2, -0.15) is 18.4 Å². The fourth-order valence-corrected chi connectivity index (χ4v) is 5.64. The second-order valence-corrected chi connectivity index (χ2v) is 9.65. The van der Waals surface area contributed by atoms with Gasteiger partial charge >= 0.3 is 6.18 Å². The summed E-state index contributed by atoms with van der Waals surface area (Å²) in [6.07, 6.45) is 0.538. The van der Waals surface area contributed by atoms with Crippen LogP contribution in [0.5, 0.6) is 0 Å².